The quantitative estimate of drug-likeness (QED) is 0.840. The molecule has 0 unspecified atom stereocenters. The van der Waals surface area contributed by atoms with E-state index in [1.165, 1.54) is 0 Å². The molecule has 0 atom stereocenters. The summed E-state index contributed by atoms with van der Waals surface area (Å²) in [5.41, 5.74) is 3.81. The number of carbonyl (C=O) groups is 2. The van der Waals surface area contributed by atoms with Gasteiger partial charge in [0.15, 0.2) is 0 Å². The molecule has 1 N–H and O–H groups in total. The average Bonchev–Trinajstić information content (AvgIpc) is 2.72. The van der Waals surface area contributed by atoms with Gasteiger partial charge < -0.3 is 15.0 Å². The van der Waals surface area contributed by atoms with Gasteiger partial charge in [-0.05, 0) is 60.7 Å². The van der Waals surface area contributed by atoms with Crippen LogP contribution in [0.25, 0.3) is 0 Å². The predicted molar refractivity (Wildman–Crippen MR) is 110 cm³/mol. The molecule has 6 heteroatoms. The lowest BCUT2D eigenvalue weighted by molar-refractivity contribution is -0.122. The Balaban J connectivity index is 1.50. The highest BCUT2D eigenvalue weighted by atomic mass is 35.5. The minimum absolute atomic E-state index is 0.00719. The molecule has 0 bridgehead atoms. The molecule has 1 saturated heterocycles. The van der Waals surface area contributed by atoms with Gasteiger partial charge in [-0.15, -0.1) is 0 Å². The minimum atomic E-state index is 0.00719. The number of ether oxygens (including phenoxy) is 1. The number of nitrogens with one attached hydrogen (secondary N) is 1. The van der Waals surface area contributed by atoms with Gasteiger partial charge in [-0.1, -0.05) is 23.7 Å². The number of aryl methyl sites for hydroxylation is 1. The van der Waals surface area contributed by atoms with E-state index in [0.29, 0.717) is 37.6 Å². The molecule has 0 spiro atoms. The highest BCUT2D eigenvalue weighted by Crippen LogP contribution is 2.32. The third kappa shape index (κ3) is 4.21. The van der Waals surface area contributed by atoms with Crippen LogP contribution in [0.4, 0.5) is 11.4 Å². The van der Waals surface area contributed by atoms with Crippen LogP contribution in [0.2, 0.25) is 5.02 Å². The summed E-state index contributed by atoms with van der Waals surface area (Å²) < 4.78 is 5.33. The highest BCUT2D eigenvalue weighted by molar-refractivity contribution is 6.30. The minimum Gasteiger partial charge on any atom is -0.381 e. The fourth-order valence-corrected chi connectivity index (χ4v) is 3.91. The van der Waals surface area contributed by atoms with Gasteiger partial charge in [0.2, 0.25) is 11.8 Å². The van der Waals surface area contributed by atoms with Gasteiger partial charge in [0, 0.05) is 41.9 Å². The molecule has 0 aliphatic carbocycles. The van der Waals surface area contributed by atoms with Crippen LogP contribution in [0.5, 0.6) is 0 Å². The summed E-state index contributed by atoms with van der Waals surface area (Å²) in [5.74, 6) is 0.169. The van der Waals surface area contributed by atoms with E-state index in [-0.39, 0.29) is 17.7 Å². The molecular formula is C22H23ClN2O3. The number of hydrogen-bond donors (Lipinski definition) is 1. The number of rotatable bonds is 4. The number of fused-ring (bicyclic) bond motifs is 1. The van der Waals surface area contributed by atoms with E-state index in [4.69, 9.17) is 16.3 Å². The molecule has 2 aromatic rings. The van der Waals surface area contributed by atoms with Crippen LogP contribution in [0.1, 0.15) is 30.4 Å². The summed E-state index contributed by atoms with van der Waals surface area (Å²) in [6, 6.07) is 13.3. The van der Waals surface area contributed by atoms with Crippen LogP contribution < -0.4 is 10.2 Å². The second-order valence-electron chi connectivity index (χ2n) is 7.33. The summed E-state index contributed by atoms with van der Waals surface area (Å²) in [6.07, 6.45) is 2.69. The van der Waals surface area contributed by atoms with Gasteiger partial charge in [-0.2, -0.15) is 0 Å². The Labute approximate surface area is 169 Å². The van der Waals surface area contributed by atoms with Gasteiger partial charge >= 0.3 is 0 Å². The Hall–Kier alpha value is -2.37. The molecule has 146 valence electrons. The van der Waals surface area contributed by atoms with E-state index in [1.807, 2.05) is 47.4 Å². The van der Waals surface area contributed by atoms with Gasteiger partial charge in [0.1, 0.15) is 0 Å². The van der Waals surface area contributed by atoms with Crippen LogP contribution in [-0.4, -0.2) is 25.0 Å². The lowest BCUT2D eigenvalue weighted by atomic mass is 9.98. The van der Waals surface area contributed by atoms with Crippen LogP contribution in [-0.2, 0) is 27.3 Å². The molecule has 0 aromatic heterocycles. The first kappa shape index (κ1) is 19.0. The zero-order valence-corrected chi connectivity index (χ0v) is 16.4. The number of hydrogen-bond acceptors (Lipinski definition) is 3. The van der Waals surface area contributed by atoms with Gasteiger partial charge in [0.25, 0.3) is 0 Å². The Morgan fingerprint density at radius 2 is 1.86 bits per heavy atom. The predicted octanol–water partition coefficient (Wildman–Crippen LogP) is 4.18. The third-order valence-corrected chi connectivity index (χ3v) is 5.65. The number of carbonyl (C=O) groups excluding carboxylic acids is 2. The van der Waals surface area contributed by atoms with Gasteiger partial charge in [-0.25, -0.2) is 0 Å². The second kappa shape index (κ2) is 8.33. The number of nitrogens with zero attached hydrogens (tertiary/aromatic N) is 1. The van der Waals surface area contributed by atoms with Crippen molar-refractivity contribution in [1.82, 2.24) is 0 Å². The van der Waals surface area contributed by atoms with Crippen LogP contribution in [0, 0.1) is 5.92 Å². The maximum atomic E-state index is 12.5. The van der Waals surface area contributed by atoms with Gasteiger partial charge in [0.05, 0.1) is 6.54 Å². The fourth-order valence-electron chi connectivity index (χ4n) is 3.79. The van der Waals surface area contributed by atoms with E-state index in [1.54, 1.807) is 0 Å². The molecule has 2 amide bonds. The third-order valence-electron chi connectivity index (χ3n) is 5.39. The van der Waals surface area contributed by atoms with Crippen molar-refractivity contribution < 1.29 is 14.3 Å². The summed E-state index contributed by atoms with van der Waals surface area (Å²) in [4.78, 5) is 26.8. The maximum Gasteiger partial charge on any atom is 0.227 e. The van der Waals surface area contributed by atoms with Crippen LogP contribution in [0.15, 0.2) is 42.5 Å². The van der Waals surface area contributed by atoms with Crippen molar-refractivity contribution in [2.24, 2.45) is 5.92 Å². The first-order valence-corrected chi connectivity index (χ1v) is 10.0. The number of amides is 2. The molecule has 2 heterocycles. The van der Waals surface area contributed by atoms with Crippen LogP contribution in [0.3, 0.4) is 0 Å². The largest absolute Gasteiger partial charge is 0.381 e. The molecular weight excluding hydrogens is 376 g/mol. The number of halogens is 1. The molecule has 2 aliphatic rings. The zero-order valence-electron chi connectivity index (χ0n) is 15.6. The van der Waals surface area contributed by atoms with Crippen LogP contribution >= 0.6 is 11.6 Å². The first-order valence-electron chi connectivity index (χ1n) is 9.66. The topological polar surface area (TPSA) is 58.6 Å². The van der Waals surface area contributed by atoms with Crippen molar-refractivity contribution in [3.05, 3.63) is 58.6 Å². The zero-order chi connectivity index (χ0) is 19.5. The Morgan fingerprint density at radius 1 is 1.11 bits per heavy atom. The monoisotopic (exact) mass is 398 g/mol. The Morgan fingerprint density at radius 3 is 2.61 bits per heavy atom. The number of benzene rings is 2. The highest BCUT2D eigenvalue weighted by Gasteiger charge is 2.26. The smallest absolute Gasteiger partial charge is 0.227 e. The molecule has 5 nitrogen and oxygen atoms in total. The van der Waals surface area contributed by atoms with Crippen molar-refractivity contribution in [3.63, 3.8) is 0 Å². The van der Waals surface area contributed by atoms with E-state index in [9.17, 15) is 9.59 Å². The molecule has 28 heavy (non-hydrogen) atoms. The maximum absolute atomic E-state index is 12.5. The lowest BCUT2D eigenvalue weighted by Crippen LogP contribution is -2.34. The normalized spacial score (nSPS) is 17.3. The second-order valence-corrected chi connectivity index (χ2v) is 7.76. The van der Waals surface area contributed by atoms with E-state index in [0.717, 1.165) is 35.3 Å². The Kier molecular flexibility index (Phi) is 5.64. The van der Waals surface area contributed by atoms with E-state index >= 15 is 0 Å². The van der Waals surface area contributed by atoms with Crippen molar-refractivity contribution in [2.75, 3.05) is 23.4 Å². The molecule has 2 aromatic carbocycles. The fraction of sp³-hybridized carbons (Fsp3) is 0.364. The van der Waals surface area contributed by atoms with E-state index < -0.39 is 0 Å². The standard InChI is InChI=1S/C22H23ClN2O3/c23-18-4-1-15(2-5-18)14-25-20-7-6-19(13-17(20)3-8-21(25)26)24-22(27)16-9-11-28-12-10-16/h1-2,4-7,13,16H,3,8-12,14H2,(H,24,27). The first-order chi connectivity index (χ1) is 13.6. The lowest BCUT2D eigenvalue weighted by Gasteiger charge is -2.30. The average molecular weight is 399 g/mol. The Bertz CT molecular complexity index is 876. The van der Waals surface area contributed by atoms with E-state index in [2.05, 4.69) is 5.32 Å². The SMILES string of the molecule is O=C(Nc1ccc2c(c1)CCC(=O)N2Cc1ccc(Cl)cc1)C1CCOCC1. The molecule has 1 fully saturated rings. The van der Waals surface area contributed by atoms with Crippen molar-refractivity contribution in [3.8, 4) is 0 Å². The van der Waals surface area contributed by atoms with Crippen molar-refractivity contribution in [1.29, 1.82) is 0 Å². The summed E-state index contributed by atoms with van der Waals surface area (Å²) >= 11 is 5.96. The molecule has 2 aliphatic heterocycles. The summed E-state index contributed by atoms with van der Waals surface area (Å²) in [5, 5.41) is 3.71. The molecule has 0 radical (unpaired) electrons. The summed E-state index contributed by atoms with van der Waals surface area (Å²) in [6.45, 7) is 1.80. The molecule has 4 rings (SSSR count). The van der Waals surface area contributed by atoms with Crippen molar-refractivity contribution in [2.45, 2.75) is 32.2 Å². The number of anilines is 2. The molecule has 0 saturated carbocycles. The summed E-state index contributed by atoms with van der Waals surface area (Å²) in [7, 11) is 0. The van der Waals surface area contributed by atoms with Gasteiger partial charge in [-0.3, -0.25) is 9.59 Å². The van der Waals surface area contributed by atoms with Crippen molar-refractivity contribution >= 4 is 34.8 Å².